The number of hydrogen-bond acceptors (Lipinski definition) is 3. The van der Waals surface area contributed by atoms with Gasteiger partial charge < -0.3 is 15.4 Å². The van der Waals surface area contributed by atoms with Crippen LogP contribution in [0.1, 0.15) is 31.7 Å². The maximum atomic E-state index is 11.9. The van der Waals surface area contributed by atoms with Gasteiger partial charge in [0.05, 0.1) is 6.54 Å². The summed E-state index contributed by atoms with van der Waals surface area (Å²) in [6.45, 7) is 4.19. The highest BCUT2D eigenvalue weighted by Gasteiger charge is 2.28. The van der Waals surface area contributed by atoms with Crippen LogP contribution in [0.2, 0.25) is 0 Å². The van der Waals surface area contributed by atoms with Gasteiger partial charge in [0, 0.05) is 18.5 Å². The lowest BCUT2D eigenvalue weighted by Crippen LogP contribution is -2.29. The largest absolute Gasteiger partial charge is 0.492 e. The van der Waals surface area contributed by atoms with Crippen molar-refractivity contribution in [2.45, 2.75) is 26.2 Å². The van der Waals surface area contributed by atoms with Gasteiger partial charge in [-0.25, -0.2) is 0 Å². The van der Waals surface area contributed by atoms with E-state index in [1.165, 1.54) is 0 Å². The number of carbonyl (C=O) groups is 1. The van der Waals surface area contributed by atoms with Gasteiger partial charge in [0.25, 0.3) is 0 Å². The predicted octanol–water partition coefficient (Wildman–Crippen LogP) is 2.35. The molecule has 21 heavy (non-hydrogen) atoms. The third-order valence-corrected chi connectivity index (χ3v) is 4.00. The number of rotatable bonds is 7. The first kappa shape index (κ1) is 15.8. The Bertz CT molecular complexity index is 502. The number of thiocarbonyl (C=S) groups is 1. The summed E-state index contributed by atoms with van der Waals surface area (Å²) in [6, 6.07) is 7.38. The third kappa shape index (κ3) is 4.43. The number of benzene rings is 1. The van der Waals surface area contributed by atoms with Crippen LogP contribution in [0.15, 0.2) is 24.3 Å². The summed E-state index contributed by atoms with van der Waals surface area (Å²) < 4.78 is 5.67. The fraction of sp³-hybridized carbons (Fsp3) is 0.500. The van der Waals surface area contributed by atoms with Crippen molar-refractivity contribution < 1.29 is 9.53 Å². The molecule has 1 aliphatic rings. The van der Waals surface area contributed by atoms with E-state index in [2.05, 4.69) is 6.92 Å². The van der Waals surface area contributed by atoms with Gasteiger partial charge in [-0.3, -0.25) is 4.79 Å². The van der Waals surface area contributed by atoms with E-state index in [4.69, 9.17) is 22.7 Å². The molecule has 5 heteroatoms. The van der Waals surface area contributed by atoms with Gasteiger partial charge in [0.2, 0.25) is 5.91 Å². The zero-order valence-electron chi connectivity index (χ0n) is 12.4. The second-order valence-corrected chi connectivity index (χ2v) is 5.88. The zero-order chi connectivity index (χ0) is 15.2. The van der Waals surface area contributed by atoms with Crippen LogP contribution in [0.3, 0.4) is 0 Å². The second kappa shape index (κ2) is 7.41. The lowest BCUT2D eigenvalue weighted by atomic mass is 10.0. The van der Waals surface area contributed by atoms with Gasteiger partial charge >= 0.3 is 0 Å². The topological polar surface area (TPSA) is 55.6 Å². The third-order valence-electron chi connectivity index (χ3n) is 3.76. The van der Waals surface area contributed by atoms with E-state index in [1.807, 2.05) is 29.2 Å². The summed E-state index contributed by atoms with van der Waals surface area (Å²) in [5, 5.41) is 0. The number of nitrogens with two attached hydrogens (primary N) is 1. The van der Waals surface area contributed by atoms with E-state index in [9.17, 15) is 4.79 Å². The second-order valence-electron chi connectivity index (χ2n) is 5.44. The quantitative estimate of drug-likeness (QED) is 0.786. The number of amides is 1. The molecule has 0 spiro atoms. The van der Waals surface area contributed by atoms with Crippen molar-refractivity contribution in [3.8, 4) is 5.75 Å². The summed E-state index contributed by atoms with van der Waals surface area (Å²) in [5.41, 5.74) is 6.37. The molecule has 1 heterocycles. The maximum Gasteiger partial charge on any atom is 0.223 e. The van der Waals surface area contributed by atoms with Crippen molar-refractivity contribution in [1.82, 2.24) is 4.90 Å². The van der Waals surface area contributed by atoms with Gasteiger partial charge in [0.15, 0.2) is 0 Å². The average molecular weight is 306 g/mol. The Morgan fingerprint density at radius 1 is 1.43 bits per heavy atom. The fourth-order valence-electron chi connectivity index (χ4n) is 2.66. The number of carbonyl (C=O) groups excluding carboxylic acids is 1. The monoisotopic (exact) mass is 306 g/mol. The minimum Gasteiger partial charge on any atom is -0.492 e. The molecule has 0 radical (unpaired) electrons. The first-order valence-corrected chi connectivity index (χ1v) is 7.81. The van der Waals surface area contributed by atoms with Crippen molar-refractivity contribution in [3.63, 3.8) is 0 Å². The molecule has 1 aliphatic heterocycles. The summed E-state index contributed by atoms with van der Waals surface area (Å²) in [7, 11) is 0. The Labute approximate surface area is 131 Å². The van der Waals surface area contributed by atoms with Gasteiger partial charge in [-0.15, -0.1) is 0 Å². The first-order valence-electron chi connectivity index (χ1n) is 7.40. The van der Waals surface area contributed by atoms with Crippen molar-refractivity contribution in [1.29, 1.82) is 0 Å². The zero-order valence-corrected chi connectivity index (χ0v) is 13.2. The van der Waals surface area contributed by atoms with Crippen LogP contribution in [-0.4, -0.2) is 35.5 Å². The Balaban J connectivity index is 1.76. The number of likely N-dealkylation sites (tertiary alicyclic amines) is 1. The van der Waals surface area contributed by atoms with E-state index in [0.717, 1.165) is 30.7 Å². The SMILES string of the molecule is CCCC1CC(=O)N(CCOc2ccc(C(N)=S)cc2)C1. The van der Waals surface area contributed by atoms with E-state index in [0.29, 0.717) is 30.5 Å². The van der Waals surface area contributed by atoms with Crippen molar-refractivity contribution in [2.75, 3.05) is 19.7 Å². The van der Waals surface area contributed by atoms with Crippen LogP contribution in [-0.2, 0) is 4.79 Å². The molecule has 0 aromatic heterocycles. The molecule has 0 bridgehead atoms. The first-order chi connectivity index (χ1) is 10.1. The average Bonchev–Trinajstić information content (AvgIpc) is 2.80. The van der Waals surface area contributed by atoms with Gasteiger partial charge in [0.1, 0.15) is 17.3 Å². The summed E-state index contributed by atoms with van der Waals surface area (Å²) >= 11 is 4.90. The fourth-order valence-corrected chi connectivity index (χ4v) is 2.80. The van der Waals surface area contributed by atoms with Crippen molar-refractivity contribution >= 4 is 23.1 Å². The van der Waals surface area contributed by atoms with Crippen LogP contribution in [0.5, 0.6) is 5.75 Å². The standard InChI is InChI=1S/C16H22N2O2S/c1-2-3-12-10-15(19)18(11-12)8-9-20-14-6-4-13(5-7-14)16(17)21/h4-7,12H,2-3,8-11H2,1H3,(H2,17,21). The van der Waals surface area contributed by atoms with E-state index >= 15 is 0 Å². The molecule has 2 N–H and O–H groups in total. The molecule has 114 valence electrons. The van der Waals surface area contributed by atoms with Crippen LogP contribution in [0, 0.1) is 5.92 Å². The Kier molecular flexibility index (Phi) is 5.56. The maximum absolute atomic E-state index is 11.9. The molecule has 0 aliphatic carbocycles. The van der Waals surface area contributed by atoms with Crippen molar-refractivity contribution in [3.05, 3.63) is 29.8 Å². The smallest absolute Gasteiger partial charge is 0.223 e. The highest BCUT2D eigenvalue weighted by atomic mass is 32.1. The molecule has 4 nitrogen and oxygen atoms in total. The summed E-state index contributed by atoms with van der Waals surface area (Å²) in [4.78, 5) is 14.2. The minimum atomic E-state index is 0.251. The van der Waals surface area contributed by atoms with Crippen LogP contribution in [0.4, 0.5) is 0 Å². The van der Waals surface area contributed by atoms with Gasteiger partial charge in [-0.05, 0) is 36.6 Å². The number of hydrogen-bond donors (Lipinski definition) is 1. The van der Waals surface area contributed by atoms with Gasteiger partial charge in [-0.2, -0.15) is 0 Å². The number of ether oxygens (including phenoxy) is 1. The molecule has 1 unspecified atom stereocenters. The van der Waals surface area contributed by atoms with Crippen LogP contribution < -0.4 is 10.5 Å². The Morgan fingerprint density at radius 3 is 2.76 bits per heavy atom. The van der Waals surface area contributed by atoms with E-state index < -0.39 is 0 Å². The molecule has 2 rings (SSSR count). The molecule has 1 aromatic rings. The minimum absolute atomic E-state index is 0.251. The summed E-state index contributed by atoms with van der Waals surface area (Å²) in [5.74, 6) is 1.54. The molecule has 1 aromatic carbocycles. The molecular weight excluding hydrogens is 284 g/mol. The lowest BCUT2D eigenvalue weighted by Gasteiger charge is -2.17. The molecule has 0 saturated carbocycles. The molecular formula is C16H22N2O2S. The Morgan fingerprint density at radius 2 is 2.14 bits per heavy atom. The van der Waals surface area contributed by atoms with E-state index in [1.54, 1.807) is 0 Å². The lowest BCUT2D eigenvalue weighted by molar-refractivity contribution is -0.128. The molecule has 1 saturated heterocycles. The van der Waals surface area contributed by atoms with Crippen molar-refractivity contribution in [2.24, 2.45) is 11.7 Å². The van der Waals surface area contributed by atoms with Gasteiger partial charge in [-0.1, -0.05) is 25.6 Å². The van der Waals surface area contributed by atoms with Crippen LogP contribution >= 0.6 is 12.2 Å². The highest BCUT2D eigenvalue weighted by Crippen LogP contribution is 2.22. The predicted molar refractivity (Wildman–Crippen MR) is 87.4 cm³/mol. The summed E-state index contributed by atoms with van der Waals surface area (Å²) in [6.07, 6.45) is 2.96. The number of nitrogens with zero attached hydrogens (tertiary/aromatic N) is 1. The highest BCUT2D eigenvalue weighted by molar-refractivity contribution is 7.80. The van der Waals surface area contributed by atoms with Crippen LogP contribution in [0.25, 0.3) is 0 Å². The molecule has 1 atom stereocenters. The molecule has 1 amide bonds. The van der Waals surface area contributed by atoms with E-state index in [-0.39, 0.29) is 5.91 Å². The normalized spacial score (nSPS) is 18.0. The Hall–Kier alpha value is -1.62. The molecule has 1 fully saturated rings.